The topological polar surface area (TPSA) is 34.9 Å². The summed E-state index contributed by atoms with van der Waals surface area (Å²) in [6.45, 7) is 5.98. The second-order valence-electron chi connectivity index (χ2n) is 3.70. The zero-order valence-corrected chi connectivity index (χ0v) is 10.5. The van der Waals surface area contributed by atoms with E-state index < -0.39 is 0 Å². The van der Waals surface area contributed by atoms with E-state index in [2.05, 4.69) is 12.0 Å². The van der Waals surface area contributed by atoms with Gasteiger partial charge in [0.15, 0.2) is 0 Å². The van der Waals surface area contributed by atoms with Crippen molar-refractivity contribution in [2.24, 2.45) is 0 Å². The van der Waals surface area contributed by atoms with Gasteiger partial charge in [0.25, 0.3) is 5.91 Å². The SMILES string of the molecule is CCc1c(C)nn(C(=O)c2cccs2)c1C. The van der Waals surface area contributed by atoms with E-state index >= 15 is 0 Å². The molecule has 3 nitrogen and oxygen atoms in total. The first-order chi connectivity index (χ1) is 7.65. The highest BCUT2D eigenvalue weighted by molar-refractivity contribution is 7.12. The van der Waals surface area contributed by atoms with E-state index in [1.807, 2.05) is 31.4 Å². The van der Waals surface area contributed by atoms with Crippen LogP contribution < -0.4 is 0 Å². The van der Waals surface area contributed by atoms with Gasteiger partial charge in [-0.3, -0.25) is 4.79 Å². The summed E-state index contributed by atoms with van der Waals surface area (Å²) in [7, 11) is 0. The summed E-state index contributed by atoms with van der Waals surface area (Å²) in [6, 6.07) is 3.71. The average Bonchev–Trinajstić information content (AvgIpc) is 2.86. The monoisotopic (exact) mass is 234 g/mol. The molecular formula is C12H14N2OS. The van der Waals surface area contributed by atoms with Crippen LogP contribution in [0.5, 0.6) is 0 Å². The second-order valence-corrected chi connectivity index (χ2v) is 4.64. The third-order valence-corrected chi connectivity index (χ3v) is 3.58. The first-order valence-corrected chi connectivity index (χ1v) is 6.16. The molecule has 0 N–H and O–H groups in total. The van der Waals surface area contributed by atoms with Gasteiger partial charge in [-0.1, -0.05) is 13.0 Å². The van der Waals surface area contributed by atoms with Crippen molar-refractivity contribution in [2.75, 3.05) is 0 Å². The fraction of sp³-hybridized carbons (Fsp3) is 0.333. The highest BCUT2D eigenvalue weighted by atomic mass is 32.1. The van der Waals surface area contributed by atoms with Crippen LogP contribution in [0.25, 0.3) is 0 Å². The number of carbonyl (C=O) groups excluding carboxylic acids is 1. The van der Waals surface area contributed by atoms with Crippen LogP contribution in [0.15, 0.2) is 17.5 Å². The third-order valence-electron chi connectivity index (χ3n) is 2.72. The first kappa shape index (κ1) is 11.1. The van der Waals surface area contributed by atoms with Crippen molar-refractivity contribution >= 4 is 17.2 Å². The third kappa shape index (κ3) is 1.69. The molecule has 0 unspecified atom stereocenters. The Labute approximate surface area is 98.7 Å². The Morgan fingerprint density at radius 2 is 2.25 bits per heavy atom. The van der Waals surface area contributed by atoms with Gasteiger partial charge in [0, 0.05) is 5.69 Å². The lowest BCUT2D eigenvalue weighted by Crippen LogP contribution is -2.14. The fourth-order valence-corrected chi connectivity index (χ4v) is 2.54. The van der Waals surface area contributed by atoms with Crippen LogP contribution in [0.3, 0.4) is 0 Å². The van der Waals surface area contributed by atoms with Gasteiger partial charge < -0.3 is 0 Å². The average molecular weight is 234 g/mol. The van der Waals surface area contributed by atoms with Crippen molar-refractivity contribution in [3.63, 3.8) is 0 Å². The molecule has 0 atom stereocenters. The highest BCUT2D eigenvalue weighted by Gasteiger charge is 2.17. The zero-order chi connectivity index (χ0) is 11.7. The number of thiophene rings is 1. The Morgan fingerprint density at radius 3 is 2.75 bits per heavy atom. The van der Waals surface area contributed by atoms with E-state index in [0.717, 1.165) is 22.7 Å². The molecule has 0 radical (unpaired) electrons. The molecule has 0 spiro atoms. The van der Waals surface area contributed by atoms with Crippen molar-refractivity contribution in [1.82, 2.24) is 9.78 Å². The van der Waals surface area contributed by atoms with Crippen molar-refractivity contribution in [3.05, 3.63) is 39.3 Å². The molecule has 0 aliphatic rings. The largest absolute Gasteiger partial charge is 0.288 e. The maximum atomic E-state index is 12.1. The highest BCUT2D eigenvalue weighted by Crippen LogP contribution is 2.17. The number of nitrogens with zero attached hydrogens (tertiary/aromatic N) is 2. The fourth-order valence-electron chi connectivity index (χ4n) is 1.89. The summed E-state index contributed by atoms with van der Waals surface area (Å²) < 4.78 is 1.51. The van der Waals surface area contributed by atoms with Crippen LogP contribution >= 0.6 is 11.3 Å². The molecule has 4 heteroatoms. The molecule has 0 saturated heterocycles. The normalized spacial score (nSPS) is 10.7. The van der Waals surface area contributed by atoms with Gasteiger partial charge in [-0.25, -0.2) is 0 Å². The van der Waals surface area contributed by atoms with Crippen molar-refractivity contribution in [1.29, 1.82) is 0 Å². The Balaban J connectivity index is 2.46. The number of aromatic nitrogens is 2. The molecule has 84 valence electrons. The Hall–Kier alpha value is -1.42. The summed E-state index contributed by atoms with van der Waals surface area (Å²) >= 11 is 1.45. The number of rotatable bonds is 2. The van der Waals surface area contributed by atoms with E-state index in [-0.39, 0.29) is 5.91 Å². The Bertz CT molecular complexity index is 511. The number of hydrogen-bond donors (Lipinski definition) is 0. The predicted octanol–water partition coefficient (Wildman–Crippen LogP) is 2.81. The zero-order valence-electron chi connectivity index (χ0n) is 9.65. The molecule has 2 heterocycles. The summed E-state index contributed by atoms with van der Waals surface area (Å²) in [4.78, 5) is 12.9. The maximum Gasteiger partial charge on any atom is 0.288 e. The summed E-state index contributed by atoms with van der Waals surface area (Å²) in [6.07, 6.45) is 0.912. The second kappa shape index (κ2) is 4.22. The molecule has 0 fully saturated rings. The van der Waals surface area contributed by atoms with Crippen LogP contribution in [0, 0.1) is 13.8 Å². The van der Waals surface area contributed by atoms with Gasteiger partial charge in [-0.05, 0) is 37.3 Å². The Morgan fingerprint density at radius 1 is 1.50 bits per heavy atom. The van der Waals surface area contributed by atoms with Crippen LogP contribution in [0.1, 0.15) is 33.5 Å². The predicted molar refractivity (Wildman–Crippen MR) is 65.1 cm³/mol. The lowest BCUT2D eigenvalue weighted by atomic mass is 10.1. The van der Waals surface area contributed by atoms with E-state index in [9.17, 15) is 4.79 Å². The van der Waals surface area contributed by atoms with Gasteiger partial charge in [-0.15, -0.1) is 11.3 Å². The summed E-state index contributed by atoms with van der Waals surface area (Å²) in [5.41, 5.74) is 3.08. The molecule has 0 aliphatic carbocycles. The lowest BCUT2D eigenvalue weighted by molar-refractivity contribution is 0.0946. The molecule has 0 aliphatic heterocycles. The summed E-state index contributed by atoms with van der Waals surface area (Å²) in [5, 5.41) is 6.21. The van der Waals surface area contributed by atoms with Gasteiger partial charge in [0.1, 0.15) is 0 Å². The molecule has 2 rings (SSSR count). The quantitative estimate of drug-likeness (QED) is 0.801. The van der Waals surface area contributed by atoms with Crippen LogP contribution in [0.2, 0.25) is 0 Å². The molecule has 16 heavy (non-hydrogen) atoms. The smallest absolute Gasteiger partial charge is 0.266 e. The minimum absolute atomic E-state index is 0.0321. The molecule has 0 aromatic carbocycles. The van der Waals surface area contributed by atoms with E-state index in [1.165, 1.54) is 21.6 Å². The van der Waals surface area contributed by atoms with Crippen molar-refractivity contribution in [2.45, 2.75) is 27.2 Å². The van der Waals surface area contributed by atoms with E-state index in [0.29, 0.717) is 0 Å². The molecule has 2 aromatic heterocycles. The standard InChI is InChI=1S/C12H14N2OS/c1-4-10-8(2)13-14(9(10)3)12(15)11-6-5-7-16-11/h5-7H,4H2,1-3H3. The number of aryl methyl sites for hydroxylation is 1. The minimum atomic E-state index is -0.0321. The van der Waals surface area contributed by atoms with Gasteiger partial charge >= 0.3 is 0 Å². The molecule has 0 saturated carbocycles. The van der Waals surface area contributed by atoms with E-state index in [1.54, 1.807) is 0 Å². The summed E-state index contributed by atoms with van der Waals surface area (Å²) in [5.74, 6) is -0.0321. The maximum absolute atomic E-state index is 12.1. The lowest BCUT2D eigenvalue weighted by Gasteiger charge is -2.01. The van der Waals surface area contributed by atoms with Crippen molar-refractivity contribution < 1.29 is 4.79 Å². The molecule has 2 aromatic rings. The first-order valence-electron chi connectivity index (χ1n) is 5.28. The number of hydrogen-bond acceptors (Lipinski definition) is 3. The molecule has 0 bridgehead atoms. The van der Waals surface area contributed by atoms with E-state index in [4.69, 9.17) is 0 Å². The Kier molecular flexibility index (Phi) is 2.92. The van der Waals surface area contributed by atoms with Crippen molar-refractivity contribution in [3.8, 4) is 0 Å². The minimum Gasteiger partial charge on any atom is -0.266 e. The van der Waals surface area contributed by atoms with Gasteiger partial charge in [0.2, 0.25) is 0 Å². The van der Waals surface area contributed by atoms with Gasteiger partial charge in [-0.2, -0.15) is 9.78 Å². The van der Waals surface area contributed by atoms with Gasteiger partial charge in [0.05, 0.1) is 10.6 Å². The molecule has 0 amide bonds. The number of carbonyl (C=O) groups is 1. The molecular weight excluding hydrogens is 220 g/mol. The van der Waals surface area contributed by atoms with Crippen LogP contribution in [-0.2, 0) is 6.42 Å². The van der Waals surface area contributed by atoms with Crippen LogP contribution in [-0.4, -0.2) is 15.7 Å². The van der Waals surface area contributed by atoms with Crippen LogP contribution in [0.4, 0.5) is 0 Å².